The second-order valence-electron chi connectivity index (χ2n) is 6.24. The number of rotatable bonds is 4. The lowest BCUT2D eigenvalue weighted by atomic mass is 10.1. The van der Waals surface area contributed by atoms with Gasteiger partial charge in [0.05, 0.1) is 6.54 Å². The molecule has 1 aliphatic heterocycles. The molecular formula is C19H17ClF3N3O2. The number of carbonyl (C=O) groups excluding carboxylic acids is 1. The van der Waals surface area contributed by atoms with Gasteiger partial charge in [-0.15, -0.1) is 0 Å². The third-order valence-electron chi connectivity index (χ3n) is 4.20. The zero-order valence-corrected chi connectivity index (χ0v) is 15.5. The lowest BCUT2D eigenvalue weighted by Crippen LogP contribution is -2.44. The standard InChI is InChI=1S/C19H17ClF3N3O2/c20-15-6-2-1-4-13(15)7-8-17(27)26-11-3-5-14(12-26)28-18-24-10-9-16(25-18)19(21,22)23/h1-2,4,6-10,14H,3,5,11-12H2/b8-7+. The molecule has 3 rings (SSSR count). The van der Waals surface area contributed by atoms with Crippen LogP contribution in [0.2, 0.25) is 5.02 Å². The van der Waals surface area contributed by atoms with Crippen LogP contribution in [0.5, 0.6) is 6.01 Å². The van der Waals surface area contributed by atoms with E-state index in [4.69, 9.17) is 16.3 Å². The van der Waals surface area contributed by atoms with Gasteiger partial charge in [0.15, 0.2) is 5.69 Å². The molecule has 0 radical (unpaired) electrons. The van der Waals surface area contributed by atoms with E-state index in [9.17, 15) is 18.0 Å². The average molecular weight is 412 g/mol. The summed E-state index contributed by atoms with van der Waals surface area (Å²) in [6, 6.07) is 7.56. The highest BCUT2D eigenvalue weighted by Crippen LogP contribution is 2.28. The lowest BCUT2D eigenvalue weighted by Gasteiger charge is -2.31. The molecule has 0 saturated carbocycles. The molecule has 1 atom stereocenters. The van der Waals surface area contributed by atoms with E-state index in [1.54, 1.807) is 29.2 Å². The summed E-state index contributed by atoms with van der Waals surface area (Å²) in [5.41, 5.74) is -0.344. The van der Waals surface area contributed by atoms with E-state index in [2.05, 4.69) is 9.97 Å². The smallest absolute Gasteiger partial charge is 0.433 e. The highest BCUT2D eigenvalue weighted by Gasteiger charge is 2.33. The molecule has 1 saturated heterocycles. The van der Waals surface area contributed by atoms with Crippen molar-refractivity contribution in [2.45, 2.75) is 25.1 Å². The van der Waals surface area contributed by atoms with Gasteiger partial charge < -0.3 is 9.64 Å². The maximum absolute atomic E-state index is 12.8. The number of alkyl halides is 3. The van der Waals surface area contributed by atoms with Gasteiger partial charge in [-0.2, -0.15) is 18.2 Å². The van der Waals surface area contributed by atoms with Gasteiger partial charge >= 0.3 is 12.2 Å². The summed E-state index contributed by atoms with van der Waals surface area (Å²) in [6.45, 7) is 0.778. The number of aromatic nitrogens is 2. The van der Waals surface area contributed by atoms with Gasteiger partial charge in [-0.05, 0) is 36.6 Å². The number of carbonyl (C=O) groups is 1. The van der Waals surface area contributed by atoms with Gasteiger partial charge in [-0.1, -0.05) is 29.8 Å². The van der Waals surface area contributed by atoms with Crippen LogP contribution in [0.4, 0.5) is 13.2 Å². The van der Waals surface area contributed by atoms with Crippen molar-refractivity contribution in [2.75, 3.05) is 13.1 Å². The van der Waals surface area contributed by atoms with E-state index in [1.807, 2.05) is 6.07 Å². The highest BCUT2D eigenvalue weighted by molar-refractivity contribution is 6.32. The van der Waals surface area contributed by atoms with Crippen molar-refractivity contribution in [2.24, 2.45) is 0 Å². The fourth-order valence-corrected chi connectivity index (χ4v) is 3.01. The van der Waals surface area contributed by atoms with Crippen LogP contribution in [-0.4, -0.2) is 40.0 Å². The van der Waals surface area contributed by atoms with Crippen LogP contribution in [0.3, 0.4) is 0 Å². The molecule has 0 N–H and O–H groups in total. The molecule has 1 aromatic carbocycles. The van der Waals surface area contributed by atoms with Crippen molar-refractivity contribution in [3.63, 3.8) is 0 Å². The molecule has 28 heavy (non-hydrogen) atoms. The van der Waals surface area contributed by atoms with Crippen molar-refractivity contribution < 1.29 is 22.7 Å². The van der Waals surface area contributed by atoms with Gasteiger partial charge in [-0.25, -0.2) is 4.98 Å². The Morgan fingerprint density at radius 2 is 2.07 bits per heavy atom. The number of likely N-dealkylation sites (tertiary alicyclic amines) is 1. The first kappa shape index (κ1) is 20.1. The topological polar surface area (TPSA) is 55.3 Å². The molecule has 2 heterocycles. The van der Waals surface area contributed by atoms with Crippen LogP contribution < -0.4 is 4.74 Å². The molecule has 0 spiro atoms. The Morgan fingerprint density at radius 1 is 1.29 bits per heavy atom. The second kappa shape index (κ2) is 8.60. The largest absolute Gasteiger partial charge is 0.458 e. The number of piperidine rings is 1. The monoisotopic (exact) mass is 411 g/mol. The summed E-state index contributed by atoms with van der Waals surface area (Å²) in [7, 11) is 0. The predicted octanol–water partition coefficient (Wildman–Crippen LogP) is 4.23. The second-order valence-corrected chi connectivity index (χ2v) is 6.65. The Balaban J connectivity index is 1.62. The van der Waals surface area contributed by atoms with Crippen LogP contribution in [0.15, 0.2) is 42.6 Å². The molecular weight excluding hydrogens is 395 g/mol. The van der Waals surface area contributed by atoms with Gasteiger partial charge in [0.1, 0.15) is 6.10 Å². The van der Waals surface area contributed by atoms with Gasteiger partial charge in [0, 0.05) is 23.8 Å². The fraction of sp³-hybridized carbons (Fsp3) is 0.316. The summed E-state index contributed by atoms with van der Waals surface area (Å²) in [6.07, 6.45) is 0.264. The van der Waals surface area contributed by atoms with E-state index in [-0.39, 0.29) is 18.5 Å². The predicted molar refractivity (Wildman–Crippen MR) is 97.8 cm³/mol. The minimum Gasteiger partial charge on any atom is -0.458 e. The first-order valence-corrected chi connectivity index (χ1v) is 8.99. The molecule has 1 aromatic heterocycles. The van der Waals surface area contributed by atoms with Gasteiger partial charge in [0.2, 0.25) is 5.91 Å². The fourth-order valence-electron chi connectivity index (χ4n) is 2.82. The molecule has 2 aromatic rings. The Labute approximate surface area is 164 Å². The number of benzene rings is 1. The van der Waals surface area contributed by atoms with Gasteiger partial charge in [-0.3, -0.25) is 4.79 Å². The Bertz CT molecular complexity index is 873. The number of ether oxygens (including phenoxy) is 1. The Kier molecular flexibility index (Phi) is 6.18. The van der Waals surface area contributed by atoms with Crippen molar-refractivity contribution in [3.8, 4) is 6.01 Å². The minimum atomic E-state index is -4.57. The van der Waals surface area contributed by atoms with Crippen molar-refractivity contribution in [1.82, 2.24) is 14.9 Å². The van der Waals surface area contributed by atoms with Gasteiger partial charge in [0.25, 0.3) is 0 Å². The summed E-state index contributed by atoms with van der Waals surface area (Å²) in [4.78, 5) is 21.1. The highest BCUT2D eigenvalue weighted by atomic mass is 35.5. The SMILES string of the molecule is O=C(/C=C/c1ccccc1Cl)N1CCCC(Oc2nccc(C(F)(F)F)n2)C1. The van der Waals surface area contributed by atoms with Crippen LogP contribution in [-0.2, 0) is 11.0 Å². The first-order valence-electron chi connectivity index (χ1n) is 8.61. The number of amides is 1. The third-order valence-corrected chi connectivity index (χ3v) is 4.54. The molecule has 1 aliphatic rings. The number of nitrogens with zero attached hydrogens (tertiary/aromatic N) is 3. The average Bonchev–Trinajstić information content (AvgIpc) is 2.67. The molecule has 148 valence electrons. The molecule has 1 fully saturated rings. The zero-order chi connectivity index (χ0) is 20.1. The van der Waals surface area contributed by atoms with Crippen molar-refractivity contribution in [1.29, 1.82) is 0 Å². The van der Waals surface area contributed by atoms with E-state index >= 15 is 0 Å². The molecule has 1 amide bonds. The first-order chi connectivity index (χ1) is 13.3. The van der Waals surface area contributed by atoms with Crippen molar-refractivity contribution in [3.05, 3.63) is 58.9 Å². The maximum atomic E-state index is 12.8. The molecule has 9 heteroatoms. The van der Waals surface area contributed by atoms with Crippen molar-refractivity contribution >= 4 is 23.6 Å². The number of hydrogen-bond acceptors (Lipinski definition) is 4. The Hall–Kier alpha value is -2.61. The molecule has 5 nitrogen and oxygen atoms in total. The normalized spacial score (nSPS) is 17.7. The maximum Gasteiger partial charge on any atom is 0.433 e. The summed E-state index contributed by atoms with van der Waals surface area (Å²) >= 11 is 6.06. The Morgan fingerprint density at radius 3 is 2.82 bits per heavy atom. The van der Waals surface area contributed by atoms with E-state index in [0.29, 0.717) is 24.4 Å². The van der Waals surface area contributed by atoms with E-state index < -0.39 is 18.0 Å². The van der Waals surface area contributed by atoms with E-state index in [0.717, 1.165) is 17.8 Å². The minimum absolute atomic E-state index is 0.224. The molecule has 0 bridgehead atoms. The summed E-state index contributed by atoms with van der Waals surface area (Å²) < 4.78 is 43.7. The van der Waals surface area contributed by atoms with E-state index in [1.165, 1.54) is 6.08 Å². The molecule has 0 aliphatic carbocycles. The quantitative estimate of drug-likeness (QED) is 0.706. The lowest BCUT2D eigenvalue weighted by molar-refractivity contribution is -0.141. The van der Waals surface area contributed by atoms with Crippen LogP contribution in [0.25, 0.3) is 6.08 Å². The van der Waals surface area contributed by atoms with Crippen LogP contribution >= 0.6 is 11.6 Å². The number of hydrogen-bond donors (Lipinski definition) is 0. The zero-order valence-electron chi connectivity index (χ0n) is 14.7. The molecule has 1 unspecified atom stereocenters. The summed E-state index contributed by atoms with van der Waals surface area (Å²) in [5.74, 6) is -0.224. The number of halogens is 4. The van der Waals surface area contributed by atoms with Crippen LogP contribution in [0, 0.1) is 0 Å². The third kappa shape index (κ3) is 5.22. The van der Waals surface area contributed by atoms with Crippen LogP contribution in [0.1, 0.15) is 24.1 Å². The summed E-state index contributed by atoms with van der Waals surface area (Å²) in [5, 5.41) is 0.535.